The monoisotopic (exact) mass is 345 g/mol. The molecule has 1 aromatic carbocycles. The van der Waals surface area contributed by atoms with Gasteiger partial charge in [-0.3, -0.25) is 4.79 Å². The van der Waals surface area contributed by atoms with Crippen molar-refractivity contribution in [3.05, 3.63) is 28.5 Å². The molecule has 0 spiro atoms. The maximum atomic E-state index is 12.9. The Labute approximate surface area is 123 Å². The molecule has 1 atom stereocenters. The summed E-state index contributed by atoms with van der Waals surface area (Å²) in [7, 11) is 0. The summed E-state index contributed by atoms with van der Waals surface area (Å²) >= 11 is 3.13. The molecule has 1 aromatic rings. The van der Waals surface area contributed by atoms with Gasteiger partial charge in [0.15, 0.2) is 6.10 Å². The first-order valence-electron chi connectivity index (χ1n) is 6.01. The molecule has 2 N–H and O–H groups in total. The minimum absolute atomic E-state index is 0.314. The predicted octanol–water partition coefficient (Wildman–Crippen LogP) is 2.09. The zero-order valence-electron chi connectivity index (χ0n) is 10.7. The number of amides is 1. The predicted molar refractivity (Wildman–Crippen MR) is 71.9 cm³/mol. The Bertz CT molecular complexity index is 559. The van der Waals surface area contributed by atoms with E-state index in [0.29, 0.717) is 23.1 Å². The number of hydrogen-bond donors (Lipinski definition) is 2. The Balaban J connectivity index is 1.99. The first-order chi connectivity index (χ1) is 9.34. The van der Waals surface area contributed by atoms with E-state index in [-0.39, 0.29) is 0 Å². The van der Waals surface area contributed by atoms with E-state index in [0.717, 1.165) is 0 Å². The number of carboxylic acid groups (broad SMARTS) is 1. The number of rotatable bonds is 5. The second-order valence-electron chi connectivity index (χ2n) is 4.71. The van der Waals surface area contributed by atoms with Gasteiger partial charge in [-0.2, -0.15) is 0 Å². The van der Waals surface area contributed by atoms with E-state index in [1.165, 1.54) is 25.1 Å². The van der Waals surface area contributed by atoms with Crippen LogP contribution in [0.2, 0.25) is 0 Å². The molecule has 20 heavy (non-hydrogen) atoms. The lowest BCUT2D eigenvalue weighted by Crippen LogP contribution is -2.48. The highest BCUT2D eigenvalue weighted by Crippen LogP contribution is 2.35. The van der Waals surface area contributed by atoms with Crippen LogP contribution in [0.25, 0.3) is 0 Å². The van der Waals surface area contributed by atoms with Crippen LogP contribution < -0.4 is 10.1 Å². The molecule has 0 radical (unpaired) electrons. The number of benzene rings is 1. The summed E-state index contributed by atoms with van der Waals surface area (Å²) in [4.78, 5) is 22.9. The normalized spacial score (nSPS) is 17.1. The molecule has 1 unspecified atom stereocenters. The molecule has 7 heteroatoms. The van der Waals surface area contributed by atoms with E-state index in [1.807, 2.05) is 0 Å². The fraction of sp³-hybridized carbons (Fsp3) is 0.385. The SMILES string of the molecule is CC(Oc1ccc(F)cc1Br)C(=O)NC1(C(=O)O)CC1. The Kier molecular flexibility index (Phi) is 3.99. The summed E-state index contributed by atoms with van der Waals surface area (Å²) in [6.45, 7) is 1.50. The number of aliphatic carboxylic acids is 1. The molecular formula is C13H13BrFNO4. The maximum Gasteiger partial charge on any atom is 0.329 e. The van der Waals surface area contributed by atoms with Crippen LogP contribution in [0, 0.1) is 5.82 Å². The Morgan fingerprint density at radius 2 is 2.15 bits per heavy atom. The number of nitrogens with one attached hydrogen (secondary N) is 1. The second-order valence-corrected chi connectivity index (χ2v) is 5.57. The Hall–Kier alpha value is -1.63. The third kappa shape index (κ3) is 3.09. The van der Waals surface area contributed by atoms with Crippen LogP contribution in [0.5, 0.6) is 5.75 Å². The third-order valence-electron chi connectivity index (χ3n) is 3.09. The topological polar surface area (TPSA) is 75.6 Å². The van der Waals surface area contributed by atoms with E-state index in [1.54, 1.807) is 0 Å². The highest BCUT2D eigenvalue weighted by Gasteiger charge is 2.52. The molecule has 1 aliphatic carbocycles. The standard InChI is InChI=1S/C13H13BrFNO4/c1-7(11(17)16-13(4-5-13)12(18)19)20-10-3-2-8(15)6-9(10)14/h2-3,6-7H,4-5H2,1H3,(H,16,17)(H,18,19). The highest BCUT2D eigenvalue weighted by molar-refractivity contribution is 9.10. The zero-order valence-corrected chi connectivity index (χ0v) is 12.2. The molecule has 0 aliphatic heterocycles. The molecule has 1 aliphatic rings. The van der Waals surface area contributed by atoms with Gasteiger partial charge in [0.25, 0.3) is 5.91 Å². The van der Waals surface area contributed by atoms with Gasteiger partial charge in [-0.05, 0) is 53.9 Å². The van der Waals surface area contributed by atoms with E-state index in [9.17, 15) is 14.0 Å². The van der Waals surface area contributed by atoms with Crippen LogP contribution in [0.3, 0.4) is 0 Å². The minimum Gasteiger partial charge on any atom is -0.480 e. The van der Waals surface area contributed by atoms with Gasteiger partial charge in [0, 0.05) is 0 Å². The average Bonchev–Trinajstić information content (AvgIpc) is 3.13. The molecule has 2 rings (SSSR count). The van der Waals surface area contributed by atoms with Crippen molar-refractivity contribution in [1.82, 2.24) is 5.32 Å². The molecule has 1 saturated carbocycles. The number of carbonyl (C=O) groups excluding carboxylic acids is 1. The van der Waals surface area contributed by atoms with Gasteiger partial charge in [0.05, 0.1) is 4.47 Å². The molecule has 5 nitrogen and oxygen atoms in total. The van der Waals surface area contributed by atoms with Gasteiger partial charge >= 0.3 is 5.97 Å². The highest BCUT2D eigenvalue weighted by atomic mass is 79.9. The van der Waals surface area contributed by atoms with Crippen molar-refractivity contribution in [2.24, 2.45) is 0 Å². The van der Waals surface area contributed by atoms with Gasteiger partial charge < -0.3 is 15.2 Å². The van der Waals surface area contributed by atoms with Crippen molar-refractivity contribution < 1.29 is 23.8 Å². The average molecular weight is 346 g/mol. The summed E-state index contributed by atoms with van der Waals surface area (Å²) in [5.41, 5.74) is -1.14. The summed E-state index contributed by atoms with van der Waals surface area (Å²) in [5.74, 6) is -1.67. The van der Waals surface area contributed by atoms with Crippen molar-refractivity contribution in [2.75, 3.05) is 0 Å². The molecular weight excluding hydrogens is 333 g/mol. The van der Waals surface area contributed by atoms with Gasteiger partial charge in [0.2, 0.25) is 0 Å². The van der Waals surface area contributed by atoms with Gasteiger partial charge in [0.1, 0.15) is 17.1 Å². The summed E-state index contributed by atoms with van der Waals surface area (Å²) in [5, 5.41) is 11.5. The summed E-state index contributed by atoms with van der Waals surface area (Å²) in [6, 6.07) is 3.83. The van der Waals surface area contributed by atoms with Gasteiger partial charge in [-0.1, -0.05) is 0 Å². The lowest BCUT2D eigenvalue weighted by atomic mass is 10.2. The van der Waals surface area contributed by atoms with Crippen LogP contribution in [-0.2, 0) is 9.59 Å². The van der Waals surface area contributed by atoms with E-state index >= 15 is 0 Å². The molecule has 0 saturated heterocycles. The van der Waals surface area contributed by atoms with Crippen molar-refractivity contribution in [2.45, 2.75) is 31.4 Å². The molecule has 0 bridgehead atoms. The fourth-order valence-electron chi connectivity index (χ4n) is 1.67. The largest absolute Gasteiger partial charge is 0.480 e. The summed E-state index contributed by atoms with van der Waals surface area (Å²) < 4.78 is 18.7. The van der Waals surface area contributed by atoms with Crippen LogP contribution in [0.1, 0.15) is 19.8 Å². The van der Waals surface area contributed by atoms with Crippen molar-refractivity contribution in [1.29, 1.82) is 0 Å². The third-order valence-corrected chi connectivity index (χ3v) is 3.71. The van der Waals surface area contributed by atoms with Crippen molar-refractivity contribution in [3.63, 3.8) is 0 Å². The smallest absolute Gasteiger partial charge is 0.329 e. The molecule has 0 heterocycles. The van der Waals surface area contributed by atoms with Crippen LogP contribution in [-0.4, -0.2) is 28.6 Å². The molecule has 1 fully saturated rings. The number of ether oxygens (including phenoxy) is 1. The Morgan fingerprint density at radius 3 is 2.65 bits per heavy atom. The molecule has 108 valence electrons. The van der Waals surface area contributed by atoms with Crippen LogP contribution in [0.15, 0.2) is 22.7 Å². The number of carboxylic acids is 1. The van der Waals surface area contributed by atoms with E-state index in [2.05, 4.69) is 21.2 Å². The lowest BCUT2D eigenvalue weighted by molar-refractivity contribution is -0.144. The van der Waals surface area contributed by atoms with Gasteiger partial charge in [-0.25, -0.2) is 9.18 Å². The summed E-state index contributed by atoms with van der Waals surface area (Å²) in [6.07, 6.45) is -0.0455. The number of carbonyl (C=O) groups is 2. The van der Waals surface area contributed by atoms with E-state index in [4.69, 9.17) is 9.84 Å². The first kappa shape index (κ1) is 14.8. The van der Waals surface area contributed by atoms with E-state index < -0.39 is 29.3 Å². The van der Waals surface area contributed by atoms with Crippen molar-refractivity contribution in [3.8, 4) is 5.75 Å². The first-order valence-corrected chi connectivity index (χ1v) is 6.80. The quantitative estimate of drug-likeness (QED) is 0.856. The molecule has 1 amide bonds. The number of hydrogen-bond acceptors (Lipinski definition) is 3. The zero-order chi connectivity index (χ0) is 14.9. The Morgan fingerprint density at radius 1 is 1.50 bits per heavy atom. The maximum absolute atomic E-state index is 12.9. The lowest BCUT2D eigenvalue weighted by Gasteiger charge is -2.18. The van der Waals surface area contributed by atoms with Crippen LogP contribution in [0.4, 0.5) is 4.39 Å². The van der Waals surface area contributed by atoms with Gasteiger partial charge in [-0.15, -0.1) is 0 Å². The van der Waals surface area contributed by atoms with Crippen molar-refractivity contribution >= 4 is 27.8 Å². The second kappa shape index (κ2) is 5.40. The number of halogens is 2. The fourth-order valence-corrected chi connectivity index (χ4v) is 2.11. The minimum atomic E-state index is -1.14. The van der Waals surface area contributed by atoms with Crippen LogP contribution >= 0.6 is 15.9 Å². The molecule has 0 aromatic heterocycles.